The van der Waals surface area contributed by atoms with Crippen LogP contribution in [0.1, 0.15) is 11.1 Å². The average Bonchev–Trinajstić information content (AvgIpc) is 2.77. The van der Waals surface area contributed by atoms with Gasteiger partial charge in [0.15, 0.2) is 0 Å². The SMILES string of the molecule is COc1ccc(O)c(CN2CCN(Cc3ccccc3[N+](=O)[O-])CC2)c1.O=C(O)C(=O)O. The van der Waals surface area contributed by atoms with Crippen molar-refractivity contribution >= 4 is 17.6 Å². The van der Waals surface area contributed by atoms with Gasteiger partial charge in [0.2, 0.25) is 0 Å². The number of nitro groups is 1. The number of rotatable bonds is 6. The van der Waals surface area contributed by atoms with E-state index in [9.17, 15) is 15.2 Å². The summed E-state index contributed by atoms with van der Waals surface area (Å²) in [7, 11) is 1.61. The van der Waals surface area contributed by atoms with Crippen molar-refractivity contribution in [2.45, 2.75) is 13.1 Å². The molecule has 1 fully saturated rings. The average molecular weight is 447 g/mol. The van der Waals surface area contributed by atoms with Crippen LogP contribution in [-0.4, -0.2) is 75.3 Å². The number of methoxy groups -OCH3 is 1. The predicted octanol–water partition coefficient (Wildman–Crippen LogP) is 1.78. The van der Waals surface area contributed by atoms with Crippen LogP contribution >= 0.6 is 0 Å². The molecule has 0 amide bonds. The second-order valence-electron chi connectivity index (χ2n) is 7.04. The Morgan fingerprint density at radius 1 is 0.969 bits per heavy atom. The fraction of sp³-hybridized carbons (Fsp3) is 0.333. The molecule has 3 N–H and O–H groups in total. The van der Waals surface area contributed by atoms with Gasteiger partial charge in [-0.1, -0.05) is 18.2 Å². The first-order valence-corrected chi connectivity index (χ1v) is 9.70. The Balaban J connectivity index is 0.000000534. The van der Waals surface area contributed by atoms with E-state index in [-0.39, 0.29) is 16.4 Å². The lowest BCUT2D eigenvalue weighted by Gasteiger charge is -2.34. The number of hydrogen-bond donors (Lipinski definition) is 3. The highest BCUT2D eigenvalue weighted by atomic mass is 16.6. The molecule has 0 unspecified atom stereocenters. The highest BCUT2D eigenvalue weighted by molar-refractivity contribution is 6.27. The number of benzene rings is 2. The second-order valence-corrected chi connectivity index (χ2v) is 7.04. The van der Waals surface area contributed by atoms with Crippen molar-refractivity contribution in [2.75, 3.05) is 33.3 Å². The number of aliphatic carboxylic acids is 2. The number of carbonyl (C=O) groups is 2. The summed E-state index contributed by atoms with van der Waals surface area (Å²) in [6.45, 7) is 4.58. The van der Waals surface area contributed by atoms with Gasteiger partial charge < -0.3 is 20.1 Å². The number of aromatic hydroxyl groups is 1. The second kappa shape index (κ2) is 11.6. The van der Waals surface area contributed by atoms with Crippen LogP contribution in [0.4, 0.5) is 5.69 Å². The predicted molar refractivity (Wildman–Crippen MR) is 114 cm³/mol. The third-order valence-electron chi connectivity index (χ3n) is 4.91. The topological polar surface area (TPSA) is 154 Å². The number of hydrogen-bond acceptors (Lipinski definition) is 8. The lowest BCUT2D eigenvalue weighted by atomic mass is 10.1. The fourth-order valence-corrected chi connectivity index (χ4v) is 3.23. The van der Waals surface area contributed by atoms with Gasteiger partial charge in [0.25, 0.3) is 5.69 Å². The number of piperazine rings is 1. The zero-order chi connectivity index (χ0) is 23.7. The third-order valence-corrected chi connectivity index (χ3v) is 4.91. The first kappa shape index (κ1) is 24.6. The monoisotopic (exact) mass is 447 g/mol. The maximum Gasteiger partial charge on any atom is 0.414 e. The smallest absolute Gasteiger partial charge is 0.414 e. The minimum absolute atomic E-state index is 0.177. The molecule has 1 heterocycles. The van der Waals surface area contributed by atoms with Gasteiger partial charge in [-0.3, -0.25) is 19.9 Å². The van der Waals surface area contributed by atoms with E-state index < -0.39 is 11.9 Å². The van der Waals surface area contributed by atoms with Gasteiger partial charge in [0, 0.05) is 56.5 Å². The molecule has 1 saturated heterocycles. The summed E-state index contributed by atoms with van der Waals surface area (Å²) in [4.78, 5) is 33.5. The minimum atomic E-state index is -1.82. The standard InChI is InChI=1S/C19H23N3O4.C2H2O4/c1-26-17-6-7-19(23)16(12-17)14-21-10-8-20(9-11-21)13-15-4-2-3-5-18(15)22(24)25;3-1(4)2(5)6/h2-7,12,23H,8-11,13-14H2,1H3;(H,3,4)(H,5,6). The van der Waals surface area contributed by atoms with Crippen LogP contribution in [-0.2, 0) is 22.7 Å². The van der Waals surface area contributed by atoms with Gasteiger partial charge in [-0.25, -0.2) is 9.59 Å². The summed E-state index contributed by atoms with van der Waals surface area (Å²) in [5.74, 6) is -2.65. The number of carboxylic acids is 2. The Hall–Kier alpha value is -3.70. The van der Waals surface area contributed by atoms with Crippen LogP contribution in [0.25, 0.3) is 0 Å². The molecule has 11 heteroatoms. The molecule has 0 radical (unpaired) electrons. The van der Waals surface area contributed by atoms with Crippen LogP contribution < -0.4 is 4.74 Å². The summed E-state index contributed by atoms with van der Waals surface area (Å²) in [5.41, 5.74) is 1.77. The summed E-state index contributed by atoms with van der Waals surface area (Å²) in [6.07, 6.45) is 0. The molecular formula is C21H25N3O8. The van der Waals surface area contributed by atoms with E-state index in [1.807, 2.05) is 18.2 Å². The highest BCUT2D eigenvalue weighted by Crippen LogP contribution is 2.25. The molecule has 0 spiro atoms. The molecule has 0 bridgehead atoms. The number of phenols is 1. The quantitative estimate of drug-likeness (QED) is 0.339. The Labute approximate surface area is 184 Å². The maximum atomic E-state index is 11.1. The summed E-state index contributed by atoms with van der Waals surface area (Å²) < 4.78 is 5.22. The van der Waals surface area contributed by atoms with Crippen molar-refractivity contribution in [1.29, 1.82) is 0 Å². The highest BCUT2D eigenvalue weighted by Gasteiger charge is 2.21. The van der Waals surface area contributed by atoms with Crippen LogP contribution in [0.3, 0.4) is 0 Å². The molecule has 1 aliphatic heterocycles. The molecule has 0 saturated carbocycles. The molecule has 32 heavy (non-hydrogen) atoms. The van der Waals surface area contributed by atoms with Gasteiger partial charge in [0.05, 0.1) is 12.0 Å². The van der Waals surface area contributed by atoms with Gasteiger partial charge in [0.1, 0.15) is 11.5 Å². The van der Waals surface area contributed by atoms with E-state index in [1.165, 1.54) is 0 Å². The zero-order valence-electron chi connectivity index (χ0n) is 17.5. The summed E-state index contributed by atoms with van der Waals surface area (Å²) in [5, 5.41) is 36.0. The van der Waals surface area contributed by atoms with Crippen molar-refractivity contribution in [1.82, 2.24) is 9.80 Å². The van der Waals surface area contributed by atoms with Crippen molar-refractivity contribution in [3.63, 3.8) is 0 Å². The molecular weight excluding hydrogens is 422 g/mol. The third kappa shape index (κ3) is 7.22. The molecule has 0 atom stereocenters. The number of nitrogens with zero attached hydrogens (tertiary/aromatic N) is 3. The van der Waals surface area contributed by atoms with E-state index >= 15 is 0 Å². The van der Waals surface area contributed by atoms with Crippen molar-refractivity contribution < 1.29 is 34.6 Å². The Morgan fingerprint density at radius 3 is 2.00 bits per heavy atom. The Bertz CT molecular complexity index is 946. The number of para-hydroxylation sites is 1. The molecule has 0 aliphatic carbocycles. The summed E-state index contributed by atoms with van der Waals surface area (Å²) in [6, 6.07) is 12.2. The number of ether oxygens (including phenoxy) is 1. The van der Waals surface area contributed by atoms with Crippen LogP contribution in [0.5, 0.6) is 11.5 Å². The van der Waals surface area contributed by atoms with Crippen LogP contribution in [0.15, 0.2) is 42.5 Å². The lowest BCUT2D eigenvalue weighted by molar-refractivity contribution is -0.385. The van der Waals surface area contributed by atoms with E-state index in [1.54, 1.807) is 31.4 Å². The fourth-order valence-electron chi connectivity index (χ4n) is 3.23. The van der Waals surface area contributed by atoms with Crippen molar-refractivity contribution in [2.24, 2.45) is 0 Å². The molecule has 1 aliphatic rings. The van der Waals surface area contributed by atoms with Gasteiger partial charge >= 0.3 is 11.9 Å². The van der Waals surface area contributed by atoms with Crippen molar-refractivity contribution in [3.05, 3.63) is 63.7 Å². The van der Waals surface area contributed by atoms with Crippen LogP contribution in [0.2, 0.25) is 0 Å². The number of carboxylic acid groups (broad SMARTS) is 2. The molecule has 11 nitrogen and oxygen atoms in total. The van der Waals surface area contributed by atoms with Crippen LogP contribution in [0, 0.1) is 10.1 Å². The lowest BCUT2D eigenvalue weighted by Crippen LogP contribution is -2.45. The number of phenolic OH excluding ortho intramolecular Hbond substituents is 1. The minimum Gasteiger partial charge on any atom is -0.508 e. The normalized spacial score (nSPS) is 14.2. The van der Waals surface area contributed by atoms with E-state index in [2.05, 4.69) is 9.80 Å². The Morgan fingerprint density at radius 2 is 1.50 bits per heavy atom. The molecule has 3 rings (SSSR count). The van der Waals surface area contributed by atoms with E-state index in [0.717, 1.165) is 43.1 Å². The molecule has 2 aromatic rings. The molecule has 2 aromatic carbocycles. The van der Waals surface area contributed by atoms with E-state index in [4.69, 9.17) is 24.5 Å². The number of nitro benzene ring substituents is 1. The Kier molecular flexibility index (Phi) is 8.93. The first-order valence-electron chi connectivity index (χ1n) is 9.70. The van der Waals surface area contributed by atoms with Gasteiger partial charge in [-0.2, -0.15) is 0 Å². The van der Waals surface area contributed by atoms with Gasteiger partial charge in [-0.05, 0) is 18.2 Å². The maximum absolute atomic E-state index is 11.1. The molecule has 0 aromatic heterocycles. The van der Waals surface area contributed by atoms with Crippen molar-refractivity contribution in [3.8, 4) is 11.5 Å². The van der Waals surface area contributed by atoms with Gasteiger partial charge in [-0.15, -0.1) is 0 Å². The largest absolute Gasteiger partial charge is 0.508 e. The first-order chi connectivity index (χ1) is 15.2. The molecule has 172 valence electrons. The summed E-state index contributed by atoms with van der Waals surface area (Å²) >= 11 is 0. The van der Waals surface area contributed by atoms with E-state index in [0.29, 0.717) is 13.1 Å². The zero-order valence-corrected chi connectivity index (χ0v) is 17.5.